The summed E-state index contributed by atoms with van der Waals surface area (Å²) in [5.74, 6) is 0. The number of imidazole rings is 1. The molecule has 0 bridgehead atoms. The van der Waals surface area contributed by atoms with Crippen LogP contribution in [0, 0.1) is 0 Å². The summed E-state index contributed by atoms with van der Waals surface area (Å²) in [5.41, 5.74) is 1.53. The minimum Gasteiger partial charge on any atom is -0.348 e. The Kier molecular flexibility index (Phi) is 8.59. The SMILES string of the molecule is CCCCCCC(C)(CCCC)NCCc1cnc[nH]1. The molecule has 1 unspecified atom stereocenters. The fourth-order valence-corrected chi connectivity index (χ4v) is 2.73. The molecule has 0 aromatic carbocycles. The van der Waals surface area contributed by atoms with Gasteiger partial charge in [0.1, 0.15) is 0 Å². The molecule has 116 valence electrons. The first-order valence-corrected chi connectivity index (χ1v) is 8.42. The highest BCUT2D eigenvalue weighted by molar-refractivity contribution is 4.95. The Morgan fingerprint density at radius 3 is 2.50 bits per heavy atom. The van der Waals surface area contributed by atoms with Gasteiger partial charge < -0.3 is 10.3 Å². The van der Waals surface area contributed by atoms with Gasteiger partial charge in [0.2, 0.25) is 0 Å². The summed E-state index contributed by atoms with van der Waals surface area (Å²) in [4.78, 5) is 7.25. The molecule has 1 atom stereocenters. The summed E-state index contributed by atoms with van der Waals surface area (Å²) in [5, 5.41) is 3.80. The van der Waals surface area contributed by atoms with E-state index >= 15 is 0 Å². The Bertz CT molecular complexity index is 321. The summed E-state index contributed by atoms with van der Waals surface area (Å²) < 4.78 is 0. The Hall–Kier alpha value is -0.830. The van der Waals surface area contributed by atoms with E-state index in [2.05, 4.69) is 36.1 Å². The van der Waals surface area contributed by atoms with Gasteiger partial charge in [0.05, 0.1) is 6.33 Å². The third kappa shape index (κ3) is 7.09. The molecule has 1 rings (SSSR count). The fraction of sp³-hybridized carbons (Fsp3) is 0.824. The maximum absolute atomic E-state index is 4.07. The van der Waals surface area contributed by atoms with Gasteiger partial charge in [-0.25, -0.2) is 4.98 Å². The van der Waals surface area contributed by atoms with Crippen LogP contribution >= 0.6 is 0 Å². The Morgan fingerprint density at radius 1 is 1.10 bits per heavy atom. The van der Waals surface area contributed by atoms with Crippen molar-refractivity contribution >= 4 is 0 Å². The molecule has 1 heterocycles. The van der Waals surface area contributed by atoms with Crippen LogP contribution in [0.25, 0.3) is 0 Å². The van der Waals surface area contributed by atoms with E-state index in [0.29, 0.717) is 5.54 Å². The van der Waals surface area contributed by atoms with E-state index < -0.39 is 0 Å². The molecular formula is C17H33N3. The highest BCUT2D eigenvalue weighted by Crippen LogP contribution is 2.21. The Balaban J connectivity index is 2.32. The number of hydrogen-bond donors (Lipinski definition) is 2. The molecule has 0 fully saturated rings. The van der Waals surface area contributed by atoms with E-state index in [9.17, 15) is 0 Å². The van der Waals surface area contributed by atoms with Crippen LogP contribution in [0.5, 0.6) is 0 Å². The lowest BCUT2D eigenvalue weighted by Crippen LogP contribution is -2.43. The number of hydrogen-bond acceptors (Lipinski definition) is 2. The average molecular weight is 279 g/mol. The molecule has 1 aromatic heterocycles. The molecule has 0 aliphatic heterocycles. The van der Waals surface area contributed by atoms with Crippen molar-refractivity contribution in [3.8, 4) is 0 Å². The van der Waals surface area contributed by atoms with E-state index in [1.807, 2.05) is 6.20 Å². The molecule has 0 aliphatic rings. The summed E-state index contributed by atoms with van der Waals surface area (Å²) in [6.45, 7) is 8.00. The van der Waals surface area contributed by atoms with Crippen LogP contribution < -0.4 is 5.32 Å². The number of nitrogens with one attached hydrogen (secondary N) is 2. The standard InChI is InChI=1S/C17H33N3/c1-4-6-8-9-12-17(3,11-7-5-2)20-13-10-16-14-18-15-19-16/h14-15,20H,4-13H2,1-3H3,(H,18,19). The van der Waals surface area contributed by atoms with Gasteiger partial charge in [0.25, 0.3) is 0 Å². The van der Waals surface area contributed by atoms with Crippen LogP contribution in [0.2, 0.25) is 0 Å². The lowest BCUT2D eigenvalue weighted by Gasteiger charge is -2.31. The number of H-pyrrole nitrogens is 1. The number of aromatic nitrogens is 2. The molecule has 0 amide bonds. The monoisotopic (exact) mass is 279 g/mol. The predicted octanol–water partition coefficient (Wildman–Crippen LogP) is 4.46. The Morgan fingerprint density at radius 2 is 1.85 bits per heavy atom. The third-order valence-electron chi connectivity index (χ3n) is 4.17. The molecule has 0 radical (unpaired) electrons. The first-order valence-electron chi connectivity index (χ1n) is 8.42. The summed E-state index contributed by atoms with van der Waals surface area (Å²) in [6, 6.07) is 0. The van der Waals surface area contributed by atoms with E-state index in [4.69, 9.17) is 0 Å². The summed E-state index contributed by atoms with van der Waals surface area (Å²) in [7, 11) is 0. The third-order valence-corrected chi connectivity index (χ3v) is 4.17. The van der Waals surface area contributed by atoms with Crippen molar-refractivity contribution < 1.29 is 0 Å². The van der Waals surface area contributed by atoms with Gasteiger partial charge in [0, 0.05) is 30.4 Å². The van der Waals surface area contributed by atoms with Gasteiger partial charge in [-0.1, -0.05) is 52.4 Å². The first-order chi connectivity index (χ1) is 9.70. The van der Waals surface area contributed by atoms with E-state index in [-0.39, 0.29) is 0 Å². The van der Waals surface area contributed by atoms with E-state index in [1.165, 1.54) is 57.1 Å². The van der Waals surface area contributed by atoms with Gasteiger partial charge >= 0.3 is 0 Å². The van der Waals surface area contributed by atoms with Crippen LogP contribution in [0.1, 0.15) is 77.8 Å². The summed E-state index contributed by atoms with van der Waals surface area (Å²) in [6.07, 6.45) is 15.3. The normalized spacial score (nSPS) is 14.3. The van der Waals surface area contributed by atoms with Crippen molar-refractivity contribution in [2.75, 3.05) is 6.54 Å². The van der Waals surface area contributed by atoms with Crippen LogP contribution in [-0.2, 0) is 6.42 Å². The van der Waals surface area contributed by atoms with Gasteiger partial charge in [-0.05, 0) is 19.8 Å². The van der Waals surface area contributed by atoms with Gasteiger partial charge in [0.15, 0.2) is 0 Å². The number of aromatic amines is 1. The van der Waals surface area contributed by atoms with Crippen LogP contribution in [-0.4, -0.2) is 22.1 Å². The van der Waals surface area contributed by atoms with Gasteiger partial charge in [-0.15, -0.1) is 0 Å². The molecule has 1 aromatic rings. The van der Waals surface area contributed by atoms with Crippen LogP contribution in [0.3, 0.4) is 0 Å². The second-order valence-electron chi connectivity index (χ2n) is 6.23. The lowest BCUT2D eigenvalue weighted by atomic mass is 9.88. The van der Waals surface area contributed by atoms with Gasteiger partial charge in [-0.2, -0.15) is 0 Å². The minimum atomic E-state index is 0.309. The minimum absolute atomic E-state index is 0.309. The first kappa shape index (κ1) is 17.2. The second kappa shape index (κ2) is 9.98. The average Bonchev–Trinajstić information content (AvgIpc) is 2.95. The number of unbranched alkanes of at least 4 members (excludes halogenated alkanes) is 4. The predicted molar refractivity (Wildman–Crippen MR) is 87.0 cm³/mol. The largest absolute Gasteiger partial charge is 0.348 e. The topological polar surface area (TPSA) is 40.7 Å². The zero-order chi connectivity index (χ0) is 14.7. The van der Waals surface area contributed by atoms with Crippen molar-refractivity contribution in [2.45, 2.75) is 84.1 Å². The fourth-order valence-electron chi connectivity index (χ4n) is 2.73. The van der Waals surface area contributed by atoms with Crippen LogP contribution in [0.4, 0.5) is 0 Å². The Labute approximate surface area is 125 Å². The van der Waals surface area contributed by atoms with Gasteiger partial charge in [-0.3, -0.25) is 0 Å². The number of rotatable bonds is 12. The molecule has 0 saturated heterocycles. The highest BCUT2D eigenvalue weighted by Gasteiger charge is 2.21. The van der Waals surface area contributed by atoms with Crippen LogP contribution in [0.15, 0.2) is 12.5 Å². The molecule has 3 heteroatoms. The maximum Gasteiger partial charge on any atom is 0.0921 e. The highest BCUT2D eigenvalue weighted by atomic mass is 15.0. The number of nitrogens with zero attached hydrogens (tertiary/aromatic N) is 1. The lowest BCUT2D eigenvalue weighted by molar-refractivity contribution is 0.291. The molecule has 0 spiro atoms. The van der Waals surface area contributed by atoms with Crippen molar-refractivity contribution in [3.05, 3.63) is 18.2 Å². The molecule has 0 saturated carbocycles. The maximum atomic E-state index is 4.07. The van der Waals surface area contributed by atoms with Crippen molar-refractivity contribution in [3.63, 3.8) is 0 Å². The van der Waals surface area contributed by atoms with Crippen molar-refractivity contribution in [1.82, 2.24) is 15.3 Å². The molecule has 2 N–H and O–H groups in total. The molecule has 3 nitrogen and oxygen atoms in total. The molecule has 20 heavy (non-hydrogen) atoms. The smallest absolute Gasteiger partial charge is 0.0921 e. The zero-order valence-corrected chi connectivity index (χ0v) is 13.7. The van der Waals surface area contributed by atoms with Crippen molar-refractivity contribution in [1.29, 1.82) is 0 Å². The quantitative estimate of drug-likeness (QED) is 0.555. The van der Waals surface area contributed by atoms with Crippen molar-refractivity contribution in [2.24, 2.45) is 0 Å². The second-order valence-corrected chi connectivity index (χ2v) is 6.23. The zero-order valence-electron chi connectivity index (χ0n) is 13.7. The van der Waals surface area contributed by atoms with E-state index in [1.54, 1.807) is 6.33 Å². The summed E-state index contributed by atoms with van der Waals surface area (Å²) >= 11 is 0. The molecular weight excluding hydrogens is 246 g/mol. The van der Waals surface area contributed by atoms with E-state index in [0.717, 1.165) is 13.0 Å². The molecule has 0 aliphatic carbocycles.